The molecule has 28 heavy (non-hydrogen) atoms. The van der Waals surface area contributed by atoms with E-state index in [-0.39, 0.29) is 11.7 Å². The number of likely N-dealkylation sites (tertiary alicyclic amines) is 1. The largest absolute Gasteiger partial charge is 0.452 e. The number of thioether (sulfide) groups is 1. The maximum absolute atomic E-state index is 12.2. The first-order chi connectivity index (χ1) is 13.3. The number of carbonyl (C=O) groups excluding carboxylic acids is 2. The van der Waals surface area contributed by atoms with Crippen LogP contribution in [0.3, 0.4) is 0 Å². The molecule has 0 spiro atoms. The molecule has 6 nitrogen and oxygen atoms in total. The normalized spacial score (nSPS) is 15.6. The summed E-state index contributed by atoms with van der Waals surface area (Å²) in [5, 5.41) is 2.76. The molecule has 1 unspecified atom stereocenters. The van der Waals surface area contributed by atoms with Gasteiger partial charge in [0.2, 0.25) is 0 Å². The third-order valence-corrected chi connectivity index (χ3v) is 6.18. The van der Waals surface area contributed by atoms with Crippen molar-refractivity contribution in [1.82, 2.24) is 4.90 Å². The van der Waals surface area contributed by atoms with Gasteiger partial charge >= 0.3 is 5.97 Å². The summed E-state index contributed by atoms with van der Waals surface area (Å²) in [6, 6.07) is 7.45. The molecule has 1 aromatic rings. The molecule has 1 amide bonds. The smallest absolute Gasteiger partial charge is 0.317 e. The molecule has 1 fully saturated rings. The number of carbonyl (C=O) groups is 2. The van der Waals surface area contributed by atoms with Crippen LogP contribution in [-0.2, 0) is 14.3 Å². The lowest BCUT2D eigenvalue weighted by atomic mass is 10.00. The summed E-state index contributed by atoms with van der Waals surface area (Å²) in [5.74, 6) is 0.0411. The zero-order valence-corrected chi connectivity index (χ0v) is 18.6. The van der Waals surface area contributed by atoms with Gasteiger partial charge in [0.1, 0.15) is 4.32 Å². The first-order valence-electron chi connectivity index (χ1n) is 9.45. The van der Waals surface area contributed by atoms with Crippen molar-refractivity contribution < 1.29 is 14.3 Å². The number of rotatable bonds is 6. The SMILES string of the molecule is CC1CCN(C(=S)SCC(=O)OC(C)C(=O)Nc2ccc(N(C)C)cc2)CC1. The fourth-order valence-electron chi connectivity index (χ4n) is 2.77. The van der Waals surface area contributed by atoms with Crippen LogP contribution in [0.4, 0.5) is 11.4 Å². The molecular formula is C20H29N3O3S2. The lowest BCUT2D eigenvalue weighted by molar-refractivity contribution is -0.150. The number of nitrogens with zero attached hydrogens (tertiary/aromatic N) is 2. The average Bonchev–Trinajstić information content (AvgIpc) is 2.67. The van der Waals surface area contributed by atoms with Gasteiger partial charge in [0.05, 0.1) is 5.75 Å². The molecule has 1 heterocycles. The summed E-state index contributed by atoms with van der Waals surface area (Å²) in [4.78, 5) is 28.4. The van der Waals surface area contributed by atoms with Crippen molar-refractivity contribution in [1.29, 1.82) is 0 Å². The third kappa shape index (κ3) is 6.98. The molecule has 1 saturated heterocycles. The Morgan fingerprint density at radius 1 is 1.29 bits per heavy atom. The first kappa shape index (κ1) is 22.5. The first-order valence-corrected chi connectivity index (χ1v) is 10.8. The molecule has 1 aliphatic rings. The topological polar surface area (TPSA) is 61.9 Å². The predicted molar refractivity (Wildman–Crippen MR) is 120 cm³/mol. The quantitative estimate of drug-likeness (QED) is 0.556. The van der Waals surface area contributed by atoms with Crippen LogP contribution in [0.2, 0.25) is 0 Å². The van der Waals surface area contributed by atoms with Gasteiger partial charge in [0.25, 0.3) is 5.91 Å². The van der Waals surface area contributed by atoms with E-state index in [9.17, 15) is 9.59 Å². The Bertz CT molecular complexity index is 686. The number of ether oxygens (including phenoxy) is 1. The Balaban J connectivity index is 1.73. The van der Waals surface area contributed by atoms with Crippen molar-refractivity contribution in [3.8, 4) is 0 Å². The second kappa shape index (κ2) is 10.7. The molecule has 0 saturated carbocycles. The number of thiocarbonyl (C=S) groups is 1. The molecule has 0 aromatic heterocycles. The number of benzene rings is 1. The molecule has 1 aliphatic heterocycles. The van der Waals surface area contributed by atoms with Crippen molar-refractivity contribution >= 4 is 51.6 Å². The molecule has 1 atom stereocenters. The number of esters is 1. The summed E-state index contributed by atoms with van der Waals surface area (Å²) in [6.07, 6.45) is 1.38. The van der Waals surface area contributed by atoms with Gasteiger partial charge in [0.15, 0.2) is 6.10 Å². The van der Waals surface area contributed by atoms with Gasteiger partial charge in [-0.1, -0.05) is 30.9 Å². The summed E-state index contributed by atoms with van der Waals surface area (Å²) in [5.41, 5.74) is 1.70. The van der Waals surface area contributed by atoms with Gasteiger partial charge in [-0.25, -0.2) is 0 Å². The van der Waals surface area contributed by atoms with Crippen molar-refractivity contribution in [2.75, 3.05) is 43.2 Å². The van der Waals surface area contributed by atoms with Crippen LogP contribution in [0.5, 0.6) is 0 Å². The maximum atomic E-state index is 12.2. The summed E-state index contributed by atoms with van der Waals surface area (Å²) < 4.78 is 5.97. The third-order valence-electron chi connectivity index (χ3n) is 4.68. The Hall–Kier alpha value is -1.80. The van der Waals surface area contributed by atoms with Gasteiger partial charge in [-0.15, -0.1) is 0 Å². The molecule has 2 rings (SSSR count). The van der Waals surface area contributed by atoms with Gasteiger partial charge < -0.3 is 19.9 Å². The molecule has 8 heteroatoms. The van der Waals surface area contributed by atoms with Crippen molar-refractivity contribution in [2.45, 2.75) is 32.8 Å². The van der Waals surface area contributed by atoms with Crippen molar-refractivity contribution in [3.63, 3.8) is 0 Å². The Kier molecular flexibility index (Phi) is 8.57. The summed E-state index contributed by atoms with van der Waals surface area (Å²) >= 11 is 6.71. The molecule has 0 radical (unpaired) electrons. The van der Waals surface area contributed by atoms with Crippen LogP contribution < -0.4 is 10.2 Å². The number of piperidine rings is 1. The summed E-state index contributed by atoms with van der Waals surface area (Å²) in [6.45, 7) is 5.69. The number of amides is 1. The molecular weight excluding hydrogens is 394 g/mol. The number of hydrogen-bond acceptors (Lipinski definition) is 6. The highest BCUT2D eigenvalue weighted by Gasteiger charge is 2.21. The Morgan fingerprint density at radius 3 is 2.46 bits per heavy atom. The van der Waals surface area contributed by atoms with Crippen LogP contribution in [-0.4, -0.2) is 60.1 Å². The maximum Gasteiger partial charge on any atom is 0.317 e. The molecule has 1 N–H and O–H groups in total. The van der Waals surface area contributed by atoms with Crippen LogP contribution in [0.25, 0.3) is 0 Å². The fraction of sp³-hybridized carbons (Fsp3) is 0.550. The number of nitrogens with one attached hydrogen (secondary N) is 1. The van der Waals surface area contributed by atoms with Crippen molar-refractivity contribution in [2.24, 2.45) is 5.92 Å². The molecule has 1 aromatic carbocycles. The van der Waals surface area contributed by atoms with E-state index < -0.39 is 12.1 Å². The van der Waals surface area contributed by atoms with Crippen LogP contribution in [0.1, 0.15) is 26.7 Å². The van der Waals surface area contributed by atoms with Gasteiger partial charge in [-0.2, -0.15) is 0 Å². The molecule has 0 aliphatic carbocycles. The highest BCUT2D eigenvalue weighted by molar-refractivity contribution is 8.23. The zero-order chi connectivity index (χ0) is 20.7. The Morgan fingerprint density at radius 2 is 1.89 bits per heavy atom. The second-order valence-corrected chi connectivity index (χ2v) is 8.90. The van der Waals surface area contributed by atoms with Crippen molar-refractivity contribution in [3.05, 3.63) is 24.3 Å². The highest BCUT2D eigenvalue weighted by Crippen LogP contribution is 2.20. The van der Waals surface area contributed by atoms with E-state index in [1.807, 2.05) is 43.3 Å². The number of hydrogen-bond donors (Lipinski definition) is 1. The zero-order valence-electron chi connectivity index (χ0n) is 16.9. The standard InChI is InChI=1S/C20H29N3O3S2/c1-14-9-11-23(12-10-14)20(27)28-13-18(24)26-15(2)19(25)21-16-5-7-17(8-6-16)22(3)4/h5-8,14-15H,9-13H2,1-4H3,(H,21,25). The highest BCUT2D eigenvalue weighted by atomic mass is 32.2. The van der Waals surface area contributed by atoms with Gasteiger partial charge in [-0.3, -0.25) is 9.59 Å². The van der Waals surface area contributed by atoms with E-state index in [1.165, 1.54) is 11.8 Å². The van der Waals surface area contributed by atoms with E-state index >= 15 is 0 Å². The van der Waals surface area contributed by atoms with Gasteiger partial charge in [0, 0.05) is 38.6 Å². The summed E-state index contributed by atoms with van der Waals surface area (Å²) in [7, 11) is 3.90. The van der Waals surface area contributed by atoms with E-state index in [4.69, 9.17) is 17.0 Å². The average molecular weight is 424 g/mol. The Labute approximate surface area is 177 Å². The minimum absolute atomic E-state index is 0.111. The predicted octanol–water partition coefficient (Wildman–Crippen LogP) is 3.37. The lowest BCUT2D eigenvalue weighted by Crippen LogP contribution is -2.36. The van der Waals surface area contributed by atoms with E-state index in [0.717, 1.165) is 41.9 Å². The molecule has 0 bridgehead atoms. The van der Waals surface area contributed by atoms with Crippen LogP contribution >= 0.6 is 24.0 Å². The molecule has 154 valence electrons. The fourth-order valence-corrected chi connectivity index (χ4v) is 3.81. The number of anilines is 2. The van der Waals surface area contributed by atoms with E-state index in [2.05, 4.69) is 17.1 Å². The lowest BCUT2D eigenvalue weighted by Gasteiger charge is -2.31. The minimum Gasteiger partial charge on any atom is -0.452 e. The monoisotopic (exact) mass is 423 g/mol. The van der Waals surface area contributed by atoms with E-state index in [0.29, 0.717) is 5.69 Å². The second-order valence-electron chi connectivity index (χ2n) is 7.29. The van der Waals surface area contributed by atoms with E-state index in [1.54, 1.807) is 6.92 Å². The van der Waals surface area contributed by atoms with Crippen LogP contribution in [0, 0.1) is 5.92 Å². The van der Waals surface area contributed by atoms with Gasteiger partial charge in [-0.05, 0) is 49.9 Å². The van der Waals surface area contributed by atoms with Crippen LogP contribution in [0.15, 0.2) is 24.3 Å². The minimum atomic E-state index is -0.869.